The van der Waals surface area contributed by atoms with Crippen LogP contribution in [0.2, 0.25) is 5.02 Å². The van der Waals surface area contributed by atoms with Crippen molar-refractivity contribution in [2.75, 3.05) is 11.4 Å². The lowest BCUT2D eigenvalue weighted by atomic mass is 9.92. The van der Waals surface area contributed by atoms with Crippen molar-refractivity contribution in [2.24, 2.45) is 0 Å². The van der Waals surface area contributed by atoms with Crippen molar-refractivity contribution in [1.82, 2.24) is 14.8 Å². The minimum Gasteiger partial charge on any atom is -0.755 e. The normalized spacial score (nSPS) is 15.9. The fourth-order valence-electron chi connectivity index (χ4n) is 3.94. The van der Waals surface area contributed by atoms with Crippen molar-refractivity contribution in [3.63, 3.8) is 0 Å². The fourth-order valence-corrected chi connectivity index (χ4v) is 5.23. The molecule has 1 aliphatic rings. The van der Waals surface area contributed by atoms with Crippen LogP contribution >= 0.6 is 27.5 Å². The van der Waals surface area contributed by atoms with Crippen LogP contribution in [0.15, 0.2) is 47.2 Å². The molecule has 2 atom stereocenters. The van der Waals surface area contributed by atoms with E-state index in [-0.39, 0.29) is 18.3 Å². The van der Waals surface area contributed by atoms with Gasteiger partial charge in [-0.2, -0.15) is 5.10 Å². The van der Waals surface area contributed by atoms with Crippen LogP contribution in [0.25, 0.3) is 0 Å². The third kappa shape index (κ3) is 5.27. The molecule has 0 radical (unpaired) electrons. The molecule has 3 aromatic rings. The van der Waals surface area contributed by atoms with Gasteiger partial charge in [0.15, 0.2) is 0 Å². The zero-order valence-electron chi connectivity index (χ0n) is 18.1. The Morgan fingerprint density at radius 3 is 2.88 bits per heavy atom. The van der Waals surface area contributed by atoms with Crippen LogP contribution in [0, 0.1) is 0 Å². The number of fused-ring (bicyclic) bond motifs is 1. The van der Waals surface area contributed by atoms with Crippen molar-refractivity contribution in [3.8, 4) is 11.6 Å². The third-order valence-corrected chi connectivity index (χ3v) is 7.19. The van der Waals surface area contributed by atoms with Gasteiger partial charge in [0.05, 0.1) is 53.7 Å². The molecule has 2 heterocycles. The molecule has 1 aliphatic carbocycles. The smallest absolute Gasteiger partial charge is 0.307 e. The lowest BCUT2D eigenvalue weighted by molar-refractivity contribution is -0.140. The second kappa shape index (κ2) is 10.9. The van der Waals surface area contributed by atoms with Crippen molar-refractivity contribution in [1.29, 1.82) is 0 Å². The Hall–Kier alpha value is -2.47. The van der Waals surface area contributed by atoms with Crippen molar-refractivity contribution in [2.45, 2.75) is 38.3 Å². The Balaban J connectivity index is 1.61. The number of hydrogen-bond acceptors (Lipinski definition) is 7. The highest BCUT2D eigenvalue weighted by atomic mass is 79.9. The summed E-state index contributed by atoms with van der Waals surface area (Å²) in [4.78, 5) is 15.9. The predicted molar refractivity (Wildman–Crippen MR) is 129 cm³/mol. The number of esters is 1. The summed E-state index contributed by atoms with van der Waals surface area (Å²) in [5.74, 6) is 0.369. The van der Waals surface area contributed by atoms with Gasteiger partial charge in [0, 0.05) is 22.5 Å². The molecule has 0 spiro atoms. The summed E-state index contributed by atoms with van der Waals surface area (Å²) < 4.78 is 38.7. The Labute approximate surface area is 212 Å². The summed E-state index contributed by atoms with van der Waals surface area (Å²) in [5.41, 5.74) is 2.11. The van der Waals surface area contributed by atoms with Crippen molar-refractivity contribution in [3.05, 3.63) is 63.5 Å². The first kappa shape index (κ1) is 24.6. The number of halogens is 2. The molecule has 0 fully saturated rings. The molecule has 0 bridgehead atoms. The molecule has 34 heavy (non-hydrogen) atoms. The van der Waals surface area contributed by atoms with Crippen LogP contribution in [0.4, 0.5) is 5.69 Å². The molecule has 2 unspecified atom stereocenters. The highest BCUT2D eigenvalue weighted by molar-refractivity contribution is 9.10. The minimum absolute atomic E-state index is 0.191. The molecule has 0 saturated heterocycles. The number of carbonyl (C=O) groups excluding carboxylic acids is 1. The number of rotatable bonds is 8. The molecule has 0 N–H and O–H groups in total. The number of ether oxygens (including phenoxy) is 2. The highest BCUT2D eigenvalue weighted by Gasteiger charge is 2.31. The van der Waals surface area contributed by atoms with E-state index >= 15 is 0 Å². The first-order chi connectivity index (χ1) is 16.4. The van der Waals surface area contributed by atoms with Crippen LogP contribution in [0.5, 0.6) is 11.6 Å². The van der Waals surface area contributed by atoms with Gasteiger partial charge >= 0.3 is 5.97 Å². The molecule has 0 amide bonds. The summed E-state index contributed by atoms with van der Waals surface area (Å²) >= 11 is 7.02. The molecule has 9 nitrogen and oxygen atoms in total. The summed E-state index contributed by atoms with van der Waals surface area (Å²) in [5, 5.41) is 4.83. The zero-order valence-corrected chi connectivity index (χ0v) is 21.3. The van der Waals surface area contributed by atoms with Gasteiger partial charge in [0.1, 0.15) is 5.75 Å². The largest absolute Gasteiger partial charge is 0.755 e. The molecule has 0 aliphatic heterocycles. The van der Waals surface area contributed by atoms with Crippen LogP contribution in [-0.4, -0.2) is 36.6 Å². The maximum atomic E-state index is 12.3. The van der Waals surface area contributed by atoms with E-state index in [1.807, 2.05) is 0 Å². The lowest BCUT2D eigenvalue weighted by Crippen LogP contribution is -2.33. The SMILES string of the molecule is COC(=O)CCn1ncc2c1CCCC2N(c1cnc(Oc2ccccc2Cl)c(Br)c1)S(=O)[O-]. The molecule has 12 heteroatoms. The molecule has 180 valence electrons. The van der Waals surface area contributed by atoms with E-state index in [4.69, 9.17) is 21.1 Å². The van der Waals surface area contributed by atoms with Crippen LogP contribution in [0.3, 0.4) is 0 Å². The van der Waals surface area contributed by atoms with Crippen molar-refractivity contribution < 1.29 is 23.0 Å². The van der Waals surface area contributed by atoms with Crippen LogP contribution in [-0.2, 0) is 33.8 Å². The number of nitrogens with zero attached hydrogens (tertiary/aromatic N) is 4. The molecule has 4 rings (SSSR count). The average Bonchev–Trinajstić information content (AvgIpc) is 3.24. The molecule has 0 saturated carbocycles. The molecular weight excluding hydrogens is 548 g/mol. The Bertz CT molecular complexity index is 1220. The van der Waals surface area contributed by atoms with Crippen molar-refractivity contribution >= 4 is 50.5 Å². The van der Waals surface area contributed by atoms with Crippen LogP contribution < -0.4 is 9.04 Å². The third-order valence-electron chi connectivity index (χ3n) is 5.52. The van der Waals surface area contributed by atoms with Crippen LogP contribution in [0.1, 0.15) is 36.6 Å². The van der Waals surface area contributed by atoms with E-state index in [0.29, 0.717) is 33.9 Å². The fraction of sp³-hybridized carbons (Fsp3) is 0.318. The van der Waals surface area contributed by atoms with Gasteiger partial charge in [0.25, 0.3) is 0 Å². The van der Waals surface area contributed by atoms with Gasteiger partial charge in [-0.25, -0.2) is 4.98 Å². The summed E-state index contributed by atoms with van der Waals surface area (Å²) in [7, 11) is 1.34. The number of para-hydroxylation sites is 1. The first-order valence-corrected chi connectivity index (χ1v) is 12.7. The van der Waals surface area contributed by atoms with E-state index in [0.717, 1.165) is 24.1 Å². The monoisotopic (exact) mass is 567 g/mol. The topological polar surface area (TPSA) is 110 Å². The lowest BCUT2D eigenvalue weighted by Gasteiger charge is -2.36. The number of aryl methyl sites for hydroxylation is 1. The summed E-state index contributed by atoms with van der Waals surface area (Å²) in [6.45, 7) is 0.371. The second-order valence-electron chi connectivity index (χ2n) is 7.56. The van der Waals surface area contributed by atoms with E-state index in [2.05, 4.69) is 26.0 Å². The van der Waals surface area contributed by atoms with E-state index in [1.165, 1.54) is 17.6 Å². The van der Waals surface area contributed by atoms with Gasteiger partial charge < -0.3 is 14.0 Å². The number of benzene rings is 1. The first-order valence-electron chi connectivity index (χ1n) is 10.5. The van der Waals surface area contributed by atoms with E-state index in [1.54, 1.807) is 41.2 Å². The van der Waals surface area contributed by atoms with Gasteiger partial charge in [-0.1, -0.05) is 23.7 Å². The Kier molecular flexibility index (Phi) is 7.87. The maximum absolute atomic E-state index is 12.3. The highest BCUT2D eigenvalue weighted by Crippen LogP contribution is 2.40. The zero-order chi connectivity index (χ0) is 24.2. The minimum atomic E-state index is -2.57. The van der Waals surface area contributed by atoms with E-state index in [9.17, 15) is 13.6 Å². The molecule has 1 aromatic carbocycles. The quantitative estimate of drug-likeness (QED) is 0.285. The average molecular weight is 569 g/mol. The van der Waals surface area contributed by atoms with E-state index < -0.39 is 17.3 Å². The predicted octanol–water partition coefficient (Wildman–Crippen LogP) is 4.73. The molecular formula is C22H21BrClN4O5S-. The Morgan fingerprint density at radius 2 is 2.18 bits per heavy atom. The number of pyridine rings is 1. The summed E-state index contributed by atoms with van der Waals surface area (Å²) in [6.07, 6.45) is 5.46. The number of methoxy groups -OCH3 is 1. The molecule has 2 aromatic heterocycles. The Morgan fingerprint density at radius 1 is 1.38 bits per heavy atom. The number of hydrogen-bond donors (Lipinski definition) is 0. The number of aromatic nitrogens is 3. The summed E-state index contributed by atoms with van der Waals surface area (Å²) in [6, 6.07) is 8.19. The number of carbonyl (C=O) groups is 1. The second-order valence-corrected chi connectivity index (χ2v) is 9.65. The van der Waals surface area contributed by atoms with Gasteiger partial charge in [-0.05, 0) is 53.4 Å². The standard InChI is InChI=1S/C22H22BrClN4O5S/c1-32-21(29)9-10-27-18-6-4-7-19(15(18)13-26-27)28(34(30)31)14-11-16(23)22(25-12-14)33-20-8-3-2-5-17(20)24/h2-3,5,8,11-13,19H,4,6-7,9-10H2,1H3,(H,30,31)/p-1. The maximum Gasteiger partial charge on any atom is 0.307 e. The van der Waals surface area contributed by atoms with Gasteiger partial charge in [-0.15, -0.1) is 0 Å². The van der Waals surface area contributed by atoms with Gasteiger partial charge in [-0.3, -0.25) is 18.0 Å². The number of anilines is 1. The van der Waals surface area contributed by atoms with Gasteiger partial charge in [0.2, 0.25) is 5.88 Å².